The van der Waals surface area contributed by atoms with Gasteiger partial charge in [0, 0.05) is 0 Å². The van der Waals surface area contributed by atoms with Crippen molar-refractivity contribution in [2.75, 3.05) is 0 Å². The van der Waals surface area contributed by atoms with Gasteiger partial charge in [-0.15, -0.1) is 5.92 Å². The van der Waals surface area contributed by atoms with E-state index in [2.05, 4.69) is 11.8 Å². The molecule has 0 aromatic carbocycles. The summed E-state index contributed by atoms with van der Waals surface area (Å²) in [6, 6.07) is -0.806. The van der Waals surface area contributed by atoms with Gasteiger partial charge in [-0.3, -0.25) is 4.79 Å². The average molecular weight is 226 g/mol. The van der Waals surface area contributed by atoms with Gasteiger partial charge in [0.25, 0.3) is 0 Å². The number of amides is 1. The van der Waals surface area contributed by atoms with Gasteiger partial charge >= 0.3 is 12.1 Å². The number of nitrogens with two attached hydrogens (primary N) is 2. The first-order valence-corrected chi connectivity index (χ1v) is 3.40. The van der Waals surface area contributed by atoms with E-state index < -0.39 is 24.1 Å². The molecule has 15 heavy (non-hydrogen) atoms. The van der Waals surface area contributed by atoms with Gasteiger partial charge in [0.15, 0.2) is 0 Å². The summed E-state index contributed by atoms with van der Waals surface area (Å²) in [5.41, 5.74) is 9.83. The number of aliphatic carboxylic acids is 1. The summed E-state index contributed by atoms with van der Waals surface area (Å²) in [4.78, 5) is 19.0. The molecule has 1 atom stereocenters. The van der Waals surface area contributed by atoms with E-state index in [1.54, 1.807) is 6.92 Å². The molecule has 0 rings (SSSR count). The first kappa shape index (κ1) is 15.7. The van der Waals surface area contributed by atoms with Crippen molar-refractivity contribution in [3.05, 3.63) is 0 Å². The lowest BCUT2D eigenvalue weighted by molar-refractivity contribution is -0.192. The highest BCUT2D eigenvalue weighted by molar-refractivity contribution is 5.82. The molecule has 0 fully saturated rings. The van der Waals surface area contributed by atoms with Crippen LogP contribution in [-0.4, -0.2) is 29.2 Å². The number of hydrogen-bond acceptors (Lipinski definition) is 3. The molecule has 1 unspecified atom stereocenters. The third kappa shape index (κ3) is 10.2. The molecule has 0 aromatic rings. The third-order valence-corrected chi connectivity index (χ3v) is 0.849. The zero-order valence-corrected chi connectivity index (χ0v) is 7.63. The molecule has 0 heterocycles. The van der Waals surface area contributed by atoms with Crippen molar-refractivity contribution in [3.63, 3.8) is 0 Å². The number of primary amides is 1. The van der Waals surface area contributed by atoms with E-state index in [4.69, 9.17) is 21.4 Å². The lowest BCUT2D eigenvalue weighted by Crippen LogP contribution is -2.34. The van der Waals surface area contributed by atoms with Gasteiger partial charge in [-0.2, -0.15) is 13.2 Å². The normalized spacial score (nSPS) is 11.3. The van der Waals surface area contributed by atoms with Crippen LogP contribution in [0.1, 0.15) is 6.92 Å². The number of hydrogen-bond donors (Lipinski definition) is 3. The zero-order valence-electron chi connectivity index (χ0n) is 7.63. The summed E-state index contributed by atoms with van der Waals surface area (Å²) in [5, 5.41) is 7.12. The minimum Gasteiger partial charge on any atom is -0.475 e. The predicted octanol–water partition coefficient (Wildman–Crippen LogP) is -0.544. The molecular formula is C7H9F3N2O3. The summed E-state index contributed by atoms with van der Waals surface area (Å²) in [5.74, 6) is 1.53. The predicted molar refractivity (Wildman–Crippen MR) is 44.3 cm³/mol. The van der Waals surface area contributed by atoms with E-state index in [0.29, 0.717) is 0 Å². The van der Waals surface area contributed by atoms with Crippen LogP contribution in [-0.2, 0) is 9.59 Å². The Bertz CT molecular complexity index is 290. The van der Waals surface area contributed by atoms with Gasteiger partial charge < -0.3 is 16.6 Å². The van der Waals surface area contributed by atoms with Crippen molar-refractivity contribution < 1.29 is 27.9 Å². The first-order valence-electron chi connectivity index (χ1n) is 3.40. The molecule has 0 aliphatic rings. The number of carboxylic acids is 1. The number of carbonyl (C=O) groups is 2. The maximum atomic E-state index is 10.6. The fourth-order valence-electron chi connectivity index (χ4n) is 0.227. The van der Waals surface area contributed by atoms with E-state index in [-0.39, 0.29) is 0 Å². The minimum absolute atomic E-state index is 0.584. The SMILES string of the molecule is CC#CC(N)C(N)=O.O=C(O)C(F)(F)F. The maximum absolute atomic E-state index is 10.6. The molecule has 5 nitrogen and oxygen atoms in total. The zero-order chi connectivity index (χ0) is 12.6. The van der Waals surface area contributed by atoms with Gasteiger partial charge in [0.1, 0.15) is 6.04 Å². The summed E-state index contributed by atoms with van der Waals surface area (Å²) in [6.45, 7) is 1.60. The topological polar surface area (TPSA) is 106 Å². The molecule has 86 valence electrons. The molecule has 0 bridgehead atoms. The van der Waals surface area contributed by atoms with E-state index in [9.17, 15) is 18.0 Å². The quantitative estimate of drug-likeness (QED) is 0.522. The Labute approximate surface area is 83.2 Å². The molecule has 0 spiro atoms. The Hall–Kier alpha value is -1.75. The van der Waals surface area contributed by atoms with Gasteiger partial charge in [-0.25, -0.2) is 4.79 Å². The Morgan fingerprint density at radius 3 is 1.80 bits per heavy atom. The lowest BCUT2D eigenvalue weighted by Gasteiger charge is -1.93. The van der Waals surface area contributed by atoms with Crippen LogP contribution in [0, 0.1) is 11.8 Å². The van der Waals surface area contributed by atoms with Crippen LogP contribution in [0.4, 0.5) is 13.2 Å². The molecule has 0 radical (unpaired) electrons. The largest absolute Gasteiger partial charge is 0.490 e. The first-order chi connectivity index (χ1) is 6.62. The van der Waals surface area contributed by atoms with Crippen molar-refractivity contribution in [3.8, 4) is 11.8 Å². The fraction of sp³-hybridized carbons (Fsp3) is 0.429. The molecular weight excluding hydrogens is 217 g/mol. The second-order valence-corrected chi connectivity index (χ2v) is 2.08. The maximum Gasteiger partial charge on any atom is 0.490 e. The van der Waals surface area contributed by atoms with Gasteiger partial charge in [0.2, 0.25) is 5.91 Å². The highest BCUT2D eigenvalue weighted by Crippen LogP contribution is 2.13. The highest BCUT2D eigenvalue weighted by atomic mass is 19.4. The second kappa shape index (κ2) is 6.67. The minimum atomic E-state index is -5.08. The standard InChI is InChI=1S/C5H8N2O.C2HF3O2/c1-2-3-4(6)5(7)8;3-2(4,5)1(6)7/h4H,6H2,1H3,(H2,7,8);(H,6,7). The van der Waals surface area contributed by atoms with Crippen molar-refractivity contribution in [1.82, 2.24) is 0 Å². The summed E-state index contributed by atoms with van der Waals surface area (Å²) in [6.07, 6.45) is -5.08. The van der Waals surface area contributed by atoms with Gasteiger partial charge in [0.05, 0.1) is 0 Å². The molecule has 0 aliphatic carbocycles. The van der Waals surface area contributed by atoms with Gasteiger partial charge in [-0.1, -0.05) is 5.92 Å². The van der Waals surface area contributed by atoms with Crippen molar-refractivity contribution in [2.45, 2.75) is 19.1 Å². The third-order valence-electron chi connectivity index (χ3n) is 0.849. The smallest absolute Gasteiger partial charge is 0.475 e. The number of carboxylic acid groups (broad SMARTS) is 1. The molecule has 0 aromatic heterocycles. The van der Waals surface area contributed by atoms with Crippen LogP contribution in [0.5, 0.6) is 0 Å². The molecule has 0 saturated carbocycles. The van der Waals surface area contributed by atoms with Crippen LogP contribution in [0.3, 0.4) is 0 Å². The van der Waals surface area contributed by atoms with Crippen LogP contribution < -0.4 is 11.5 Å². The molecule has 8 heteroatoms. The fourth-order valence-corrected chi connectivity index (χ4v) is 0.227. The second-order valence-electron chi connectivity index (χ2n) is 2.08. The number of alkyl halides is 3. The number of halogens is 3. The Kier molecular flexibility index (Phi) is 6.98. The Balaban J connectivity index is 0. The van der Waals surface area contributed by atoms with E-state index in [1.807, 2.05) is 0 Å². The van der Waals surface area contributed by atoms with Crippen LogP contribution in [0.2, 0.25) is 0 Å². The Morgan fingerprint density at radius 1 is 1.40 bits per heavy atom. The van der Waals surface area contributed by atoms with E-state index >= 15 is 0 Å². The van der Waals surface area contributed by atoms with Gasteiger partial charge in [-0.05, 0) is 6.92 Å². The van der Waals surface area contributed by atoms with Crippen molar-refractivity contribution >= 4 is 11.9 Å². The van der Waals surface area contributed by atoms with Crippen LogP contribution in [0.25, 0.3) is 0 Å². The van der Waals surface area contributed by atoms with E-state index in [0.717, 1.165) is 0 Å². The van der Waals surface area contributed by atoms with Crippen molar-refractivity contribution in [2.24, 2.45) is 11.5 Å². The molecule has 0 aliphatic heterocycles. The van der Waals surface area contributed by atoms with Crippen molar-refractivity contribution in [1.29, 1.82) is 0 Å². The van der Waals surface area contributed by atoms with Crippen LogP contribution in [0.15, 0.2) is 0 Å². The summed E-state index contributed by atoms with van der Waals surface area (Å²) >= 11 is 0. The highest BCUT2D eigenvalue weighted by Gasteiger charge is 2.38. The summed E-state index contributed by atoms with van der Waals surface area (Å²) in [7, 11) is 0. The number of rotatable bonds is 1. The van der Waals surface area contributed by atoms with Crippen LogP contribution >= 0.6 is 0 Å². The Morgan fingerprint density at radius 2 is 1.73 bits per heavy atom. The average Bonchev–Trinajstić information content (AvgIpc) is 2.03. The molecule has 5 N–H and O–H groups in total. The summed E-state index contributed by atoms with van der Waals surface area (Å²) < 4.78 is 31.7. The van der Waals surface area contributed by atoms with E-state index in [1.165, 1.54) is 0 Å². The molecule has 1 amide bonds. The monoisotopic (exact) mass is 226 g/mol. The number of carbonyl (C=O) groups excluding carboxylic acids is 1. The lowest BCUT2D eigenvalue weighted by atomic mass is 10.3. The molecule has 0 saturated heterocycles.